The number of pyridine rings is 2. The molecule has 4 aromatic rings. The molecule has 2 heterocycles. The van der Waals surface area contributed by atoms with Crippen LogP contribution in [0.1, 0.15) is 37.5 Å². The monoisotopic (exact) mass is 456 g/mol. The lowest BCUT2D eigenvalue weighted by Crippen LogP contribution is -2.14. The maximum Gasteiger partial charge on any atom is 0.343 e. The van der Waals surface area contributed by atoms with Crippen molar-refractivity contribution in [1.82, 2.24) is 9.97 Å². The molecule has 7 heteroatoms. The van der Waals surface area contributed by atoms with Gasteiger partial charge in [-0.15, -0.1) is 0 Å². The molecule has 0 aliphatic heterocycles. The predicted molar refractivity (Wildman–Crippen MR) is 125 cm³/mol. The number of ketones is 1. The minimum atomic E-state index is -0.636. The molecule has 2 aromatic heterocycles. The van der Waals surface area contributed by atoms with Crippen molar-refractivity contribution >= 4 is 35.2 Å². The predicted octanol–water partition coefficient (Wildman–Crippen LogP) is 5.64. The molecule has 2 aromatic carbocycles. The summed E-state index contributed by atoms with van der Waals surface area (Å²) < 4.78 is 5.58. The van der Waals surface area contributed by atoms with Gasteiger partial charge in [0.25, 0.3) is 0 Å². The number of aliphatic hydroxyl groups is 1. The normalized spacial score (nSPS) is 11.1. The number of hydrogen-bond acceptors (Lipinski definition) is 6. The Morgan fingerprint density at radius 2 is 1.55 bits per heavy atom. The van der Waals surface area contributed by atoms with Gasteiger partial charge in [-0.2, -0.15) is 0 Å². The van der Waals surface area contributed by atoms with Crippen LogP contribution in [-0.4, -0.2) is 26.8 Å². The quantitative estimate of drug-likeness (QED) is 0.229. The van der Waals surface area contributed by atoms with Crippen LogP contribution < -0.4 is 4.74 Å². The Bertz CT molecular complexity index is 1340. The van der Waals surface area contributed by atoms with Crippen LogP contribution in [0.4, 0.5) is 0 Å². The summed E-state index contributed by atoms with van der Waals surface area (Å²) in [6.07, 6.45) is 5.78. The second kappa shape index (κ2) is 9.89. The highest BCUT2D eigenvalue weighted by atomic mass is 35.5. The van der Waals surface area contributed by atoms with Gasteiger partial charge in [0.05, 0.1) is 21.8 Å². The van der Waals surface area contributed by atoms with Gasteiger partial charge < -0.3 is 9.84 Å². The van der Waals surface area contributed by atoms with E-state index in [1.165, 1.54) is 30.7 Å². The van der Waals surface area contributed by atoms with E-state index in [0.717, 1.165) is 0 Å². The lowest BCUT2D eigenvalue weighted by molar-refractivity contribution is 0.0733. The van der Waals surface area contributed by atoms with Crippen molar-refractivity contribution < 1.29 is 19.4 Å². The van der Waals surface area contributed by atoms with E-state index >= 15 is 0 Å². The van der Waals surface area contributed by atoms with Gasteiger partial charge in [-0.05, 0) is 36.4 Å². The molecule has 0 saturated carbocycles. The van der Waals surface area contributed by atoms with Gasteiger partial charge in [0, 0.05) is 41.9 Å². The molecule has 0 radical (unpaired) electrons. The Kier molecular flexibility index (Phi) is 6.57. The first-order valence-electron chi connectivity index (χ1n) is 9.91. The van der Waals surface area contributed by atoms with Crippen molar-refractivity contribution in [2.45, 2.75) is 0 Å². The van der Waals surface area contributed by atoms with Crippen LogP contribution in [0.5, 0.6) is 5.75 Å². The molecular weight excluding hydrogens is 440 g/mol. The van der Waals surface area contributed by atoms with Crippen LogP contribution in [0.2, 0.25) is 5.02 Å². The highest BCUT2D eigenvalue weighted by molar-refractivity contribution is 6.35. The fraction of sp³-hybridized carbons (Fsp3) is 0. The van der Waals surface area contributed by atoms with Crippen molar-refractivity contribution in [2.75, 3.05) is 0 Å². The fourth-order valence-corrected chi connectivity index (χ4v) is 3.35. The molecule has 33 heavy (non-hydrogen) atoms. The van der Waals surface area contributed by atoms with Gasteiger partial charge >= 0.3 is 5.97 Å². The molecule has 0 aliphatic rings. The van der Waals surface area contributed by atoms with Gasteiger partial charge in [-0.3, -0.25) is 14.8 Å². The maximum absolute atomic E-state index is 13.5. The van der Waals surface area contributed by atoms with Crippen LogP contribution in [0.25, 0.3) is 11.8 Å². The zero-order valence-corrected chi connectivity index (χ0v) is 17.9. The van der Waals surface area contributed by atoms with E-state index in [2.05, 4.69) is 9.97 Å². The van der Waals surface area contributed by atoms with E-state index in [-0.39, 0.29) is 33.4 Å². The summed E-state index contributed by atoms with van der Waals surface area (Å²) in [6, 6.07) is 19.6. The Morgan fingerprint density at radius 3 is 2.27 bits per heavy atom. The summed E-state index contributed by atoms with van der Waals surface area (Å²) in [4.78, 5) is 34.4. The summed E-state index contributed by atoms with van der Waals surface area (Å²) in [5.74, 6) is -1.27. The number of aliphatic hydroxyl groups excluding tert-OH is 1. The lowest BCUT2D eigenvalue weighted by atomic mass is 9.99. The van der Waals surface area contributed by atoms with Gasteiger partial charge in [-0.25, -0.2) is 4.79 Å². The van der Waals surface area contributed by atoms with Crippen molar-refractivity contribution in [3.8, 4) is 5.75 Å². The summed E-state index contributed by atoms with van der Waals surface area (Å²) in [5.41, 5.74) is 1.13. The van der Waals surface area contributed by atoms with Crippen molar-refractivity contribution in [1.29, 1.82) is 0 Å². The Balaban J connectivity index is 1.83. The number of carbonyl (C=O) groups is 2. The average Bonchev–Trinajstić information content (AvgIpc) is 2.85. The first kappa shape index (κ1) is 21.9. The fourth-order valence-electron chi connectivity index (χ4n) is 3.13. The SMILES string of the molecule is O=C(Oc1ccnc(/C=C(/O)c2ccncc2)c1C(=O)c1ccccc1Cl)c1ccccc1. The van der Waals surface area contributed by atoms with Crippen LogP contribution in [0, 0.1) is 0 Å². The third-order valence-electron chi connectivity index (χ3n) is 4.75. The third kappa shape index (κ3) is 4.97. The van der Waals surface area contributed by atoms with Gasteiger partial charge in [0.2, 0.25) is 0 Å². The molecule has 0 bridgehead atoms. The van der Waals surface area contributed by atoms with E-state index in [1.54, 1.807) is 66.7 Å². The van der Waals surface area contributed by atoms with Crippen molar-refractivity contribution in [3.63, 3.8) is 0 Å². The maximum atomic E-state index is 13.5. The van der Waals surface area contributed by atoms with Gasteiger partial charge in [0.1, 0.15) is 11.5 Å². The molecule has 4 rings (SSSR count). The molecule has 0 saturated heterocycles. The number of rotatable bonds is 6. The van der Waals surface area contributed by atoms with Gasteiger partial charge in [0.15, 0.2) is 5.78 Å². The van der Waals surface area contributed by atoms with E-state index in [1.807, 2.05) is 0 Å². The summed E-state index contributed by atoms with van der Waals surface area (Å²) in [6.45, 7) is 0. The van der Waals surface area contributed by atoms with Crippen LogP contribution in [0.15, 0.2) is 91.4 Å². The smallest absolute Gasteiger partial charge is 0.343 e. The van der Waals surface area contributed by atoms with Crippen LogP contribution in [0.3, 0.4) is 0 Å². The second-order valence-corrected chi connectivity index (χ2v) is 7.31. The van der Waals surface area contributed by atoms with Crippen LogP contribution >= 0.6 is 11.6 Å². The van der Waals surface area contributed by atoms with Crippen LogP contribution in [-0.2, 0) is 0 Å². The highest BCUT2D eigenvalue weighted by Crippen LogP contribution is 2.30. The molecule has 0 spiro atoms. The molecule has 0 unspecified atom stereocenters. The van der Waals surface area contributed by atoms with Crippen molar-refractivity contribution in [2.24, 2.45) is 0 Å². The molecule has 0 atom stereocenters. The molecule has 0 aliphatic carbocycles. The first-order chi connectivity index (χ1) is 16.0. The standard InChI is InChI=1S/C26H17ClN2O4/c27-20-9-5-4-8-19(20)25(31)24-21(16-22(30)17-10-13-28-14-11-17)29-15-12-23(24)33-26(32)18-6-2-1-3-7-18/h1-16,30H/b22-16+. The molecule has 6 nitrogen and oxygen atoms in total. The Labute approximate surface area is 194 Å². The Hall–Kier alpha value is -4.29. The molecule has 0 amide bonds. The Morgan fingerprint density at radius 1 is 0.848 bits per heavy atom. The summed E-state index contributed by atoms with van der Waals surface area (Å²) in [5, 5.41) is 10.8. The third-order valence-corrected chi connectivity index (χ3v) is 5.08. The van der Waals surface area contributed by atoms with E-state index < -0.39 is 11.8 Å². The minimum Gasteiger partial charge on any atom is -0.507 e. The number of benzene rings is 2. The first-order valence-corrected chi connectivity index (χ1v) is 10.3. The average molecular weight is 457 g/mol. The molecule has 162 valence electrons. The number of ether oxygens (including phenoxy) is 1. The molecule has 1 N–H and O–H groups in total. The number of esters is 1. The van der Waals surface area contributed by atoms with Crippen molar-refractivity contribution in [3.05, 3.63) is 124 Å². The minimum absolute atomic E-state index is 0.00227. The number of aromatic nitrogens is 2. The van der Waals surface area contributed by atoms with E-state index in [4.69, 9.17) is 16.3 Å². The van der Waals surface area contributed by atoms with E-state index in [0.29, 0.717) is 11.1 Å². The second-order valence-electron chi connectivity index (χ2n) is 6.90. The highest BCUT2D eigenvalue weighted by Gasteiger charge is 2.24. The van der Waals surface area contributed by atoms with E-state index in [9.17, 15) is 14.7 Å². The molecular formula is C26H17ClN2O4. The zero-order valence-electron chi connectivity index (χ0n) is 17.2. The zero-order chi connectivity index (χ0) is 23.2. The number of nitrogens with zero attached hydrogens (tertiary/aromatic N) is 2. The number of carbonyl (C=O) groups excluding carboxylic acids is 2. The summed E-state index contributed by atoms with van der Waals surface area (Å²) in [7, 11) is 0. The summed E-state index contributed by atoms with van der Waals surface area (Å²) >= 11 is 6.26. The topological polar surface area (TPSA) is 89.4 Å². The number of hydrogen-bond donors (Lipinski definition) is 1. The lowest BCUT2D eigenvalue weighted by Gasteiger charge is -2.13. The molecule has 0 fully saturated rings. The number of halogens is 1. The largest absolute Gasteiger partial charge is 0.507 e. The van der Waals surface area contributed by atoms with Gasteiger partial charge in [-0.1, -0.05) is 41.9 Å².